The lowest BCUT2D eigenvalue weighted by atomic mass is 10.1. The molecule has 0 spiro atoms. The maximum absolute atomic E-state index is 10.8. The van der Waals surface area contributed by atoms with E-state index in [1.165, 1.54) is 6.07 Å². The first-order valence-electron chi connectivity index (χ1n) is 5.72. The van der Waals surface area contributed by atoms with Crippen LogP contribution in [0.25, 0.3) is 0 Å². The van der Waals surface area contributed by atoms with Gasteiger partial charge in [-0.05, 0) is 25.8 Å². The third-order valence-corrected chi connectivity index (χ3v) is 2.53. The molecular formula is C12H16N2O4. The van der Waals surface area contributed by atoms with Crippen molar-refractivity contribution in [2.75, 3.05) is 5.32 Å². The van der Waals surface area contributed by atoms with Crippen molar-refractivity contribution < 1.29 is 14.8 Å². The quantitative estimate of drug-likeness (QED) is 0.574. The number of nitrogens with zero attached hydrogens (tertiary/aromatic N) is 1. The van der Waals surface area contributed by atoms with Crippen molar-refractivity contribution in [2.45, 2.75) is 32.2 Å². The molecule has 0 amide bonds. The molecule has 0 aliphatic rings. The number of rotatable bonds is 7. The van der Waals surface area contributed by atoms with Gasteiger partial charge in [0.2, 0.25) is 0 Å². The summed E-state index contributed by atoms with van der Waals surface area (Å²) in [7, 11) is 0. The summed E-state index contributed by atoms with van der Waals surface area (Å²) < 4.78 is 0. The average molecular weight is 252 g/mol. The number of nitro benzene ring substituents is 1. The summed E-state index contributed by atoms with van der Waals surface area (Å²) in [6, 6.07) is 6.40. The lowest BCUT2D eigenvalue weighted by molar-refractivity contribution is -0.384. The third-order valence-electron chi connectivity index (χ3n) is 2.53. The smallest absolute Gasteiger partial charge is 0.303 e. The molecule has 18 heavy (non-hydrogen) atoms. The maximum Gasteiger partial charge on any atom is 0.303 e. The van der Waals surface area contributed by atoms with Gasteiger partial charge >= 0.3 is 5.97 Å². The molecule has 0 radical (unpaired) electrons. The first-order valence-corrected chi connectivity index (χ1v) is 5.72. The topological polar surface area (TPSA) is 92.5 Å². The number of carbonyl (C=O) groups is 1. The molecule has 0 aromatic heterocycles. The number of hydrogen-bond donors (Lipinski definition) is 2. The van der Waals surface area contributed by atoms with Crippen LogP contribution >= 0.6 is 0 Å². The van der Waals surface area contributed by atoms with Crippen LogP contribution in [0.5, 0.6) is 0 Å². The van der Waals surface area contributed by atoms with Crippen LogP contribution < -0.4 is 5.32 Å². The van der Waals surface area contributed by atoms with Crippen molar-refractivity contribution in [3.8, 4) is 0 Å². The van der Waals surface area contributed by atoms with Gasteiger partial charge in [-0.1, -0.05) is 12.1 Å². The molecule has 1 aromatic rings. The highest BCUT2D eigenvalue weighted by Crippen LogP contribution is 2.24. The van der Waals surface area contributed by atoms with E-state index in [0.717, 1.165) is 0 Å². The number of carboxylic acid groups (broad SMARTS) is 1. The highest BCUT2D eigenvalue weighted by molar-refractivity contribution is 5.66. The van der Waals surface area contributed by atoms with Crippen LogP contribution in [0, 0.1) is 10.1 Å². The summed E-state index contributed by atoms with van der Waals surface area (Å²) in [5.74, 6) is -0.826. The Bertz CT molecular complexity index is 434. The monoisotopic (exact) mass is 252 g/mol. The lowest BCUT2D eigenvalue weighted by Gasteiger charge is -2.14. The van der Waals surface area contributed by atoms with E-state index in [4.69, 9.17) is 5.11 Å². The highest BCUT2D eigenvalue weighted by atomic mass is 16.6. The van der Waals surface area contributed by atoms with Gasteiger partial charge in [0.25, 0.3) is 5.69 Å². The van der Waals surface area contributed by atoms with Crippen molar-refractivity contribution in [2.24, 2.45) is 0 Å². The molecule has 0 aliphatic heterocycles. The van der Waals surface area contributed by atoms with Crippen molar-refractivity contribution in [1.29, 1.82) is 0 Å². The molecule has 0 heterocycles. The summed E-state index contributed by atoms with van der Waals surface area (Å²) in [5, 5.41) is 22.3. The number of anilines is 1. The van der Waals surface area contributed by atoms with Crippen molar-refractivity contribution in [3.05, 3.63) is 34.4 Å². The average Bonchev–Trinajstić information content (AvgIpc) is 2.28. The molecule has 2 N–H and O–H groups in total. The first kappa shape index (κ1) is 14.0. The van der Waals surface area contributed by atoms with E-state index in [9.17, 15) is 14.9 Å². The standard InChI is InChI=1S/C12H16N2O4/c1-9(5-4-8-12(15)16)13-10-6-2-3-7-11(10)14(17)18/h2-3,6-7,9,13H,4-5,8H2,1H3,(H,15,16). The van der Waals surface area contributed by atoms with Gasteiger partial charge in [-0.2, -0.15) is 0 Å². The first-order chi connectivity index (χ1) is 8.50. The van der Waals surface area contributed by atoms with E-state index in [2.05, 4.69) is 5.32 Å². The predicted molar refractivity (Wildman–Crippen MR) is 67.7 cm³/mol. The van der Waals surface area contributed by atoms with E-state index < -0.39 is 10.9 Å². The Morgan fingerprint density at radius 2 is 2.17 bits per heavy atom. The normalized spacial score (nSPS) is 11.8. The molecule has 0 aliphatic carbocycles. The minimum absolute atomic E-state index is 0.00884. The van der Waals surface area contributed by atoms with Crippen LogP contribution in [0.4, 0.5) is 11.4 Å². The fourth-order valence-electron chi connectivity index (χ4n) is 1.65. The van der Waals surface area contributed by atoms with Gasteiger partial charge in [-0.3, -0.25) is 14.9 Å². The molecular weight excluding hydrogens is 236 g/mol. The van der Waals surface area contributed by atoms with Crippen LogP contribution in [0.1, 0.15) is 26.2 Å². The number of nitro groups is 1. The van der Waals surface area contributed by atoms with Gasteiger partial charge in [0.1, 0.15) is 5.69 Å². The summed E-state index contributed by atoms with van der Waals surface area (Å²) >= 11 is 0. The Hall–Kier alpha value is -2.11. The van der Waals surface area contributed by atoms with Crippen molar-refractivity contribution in [3.63, 3.8) is 0 Å². The van der Waals surface area contributed by atoms with E-state index in [1.807, 2.05) is 6.92 Å². The maximum atomic E-state index is 10.8. The summed E-state index contributed by atoms with van der Waals surface area (Å²) in [4.78, 5) is 20.7. The number of nitrogens with one attached hydrogen (secondary N) is 1. The van der Waals surface area contributed by atoms with Crippen LogP contribution in [0.3, 0.4) is 0 Å². The number of hydrogen-bond acceptors (Lipinski definition) is 4. The van der Waals surface area contributed by atoms with Gasteiger partial charge in [0, 0.05) is 18.5 Å². The molecule has 0 saturated carbocycles. The molecule has 1 unspecified atom stereocenters. The predicted octanol–water partition coefficient (Wildman–Crippen LogP) is 2.65. The van der Waals surface area contributed by atoms with Gasteiger partial charge in [-0.25, -0.2) is 0 Å². The minimum Gasteiger partial charge on any atom is -0.481 e. The Labute approximate surface area is 105 Å². The Morgan fingerprint density at radius 3 is 2.78 bits per heavy atom. The summed E-state index contributed by atoms with van der Waals surface area (Å²) in [6.07, 6.45) is 1.31. The molecule has 0 bridgehead atoms. The van der Waals surface area contributed by atoms with Crippen LogP contribution in [-0.2, 0) is 4.79 Å². The number of para-hydroxylation sites is 2. The zero-order chi connectivity index (χ0) is 13.5. The lowest BCUT2D eigenvalue weighted by Crippen LogP contribution is -2.16. The van der Waals surface area contributed by atoms with Crippen molar-refractivity contribution in [1.82, 2.24) is 0 Å². The van der Waals surface area contributed by atoms with Gasteiger partial charge < -0.3 is 10.4 Å². The van der Waals surface area contributed by atoms with E-state index in [-0.39, 0.29) is 18.2 Å². The van der Waals surface area contributed by atoms with Crippen molar-refractivity contribution >= 4 is 17.3 Å². The minimum atomic E-state index is -0.826. The molecule has 1 atom stereocenters. The van der Waals surface area contributed by atoms with Crippen LogP contribution in [-0.4, -0.2) is 22.0 Å². The zero-order valence-electron chi connectivity index (χ0n) is 10.1. The number of benzene rings is 1. The summed E-state index contributed by atoms with van der Waals surface area (Å²) in [6.45, 7) is 1.87. The summed E-state index contributed by atoms with van der Waals surface area (Å²) in [5.41, 5.74) is 0.493. The van der Waals surface area contributed by atoms with E-state index in [0.29, 0.717) is 18.5 Å². The second kappa shape index (κ2) is 6.58. The molecule has 6 nitrogen and oxygen atoms in total. The van der Waals surface area contributed by atoms with Gasteiger partial charge in [0.15, 0.2) is 0 Å². The number of aliphatic carboxylic acids is 1. The largest absolute Gasteiger partial charge is 0.481 e. The molecule has 1 rings (SSSR count). The second-order valence-electron chi connectivity index (χ2n) is 4.11. The van der Waals surface area contributed by atoms with Gasteiger partial charge in [-0.15, -0.1) is 0 Å². The molecule has 1 aromatic carbocycles. The molecule has 0 fully saturated rings. The fourth-order valence-corrected chi connectivity index (χ4v) is 1.65. The van der Waals surface area contributed by atoms with E-state index in [1.54, 1.807) is 18.2 Å². The van der Waals surface area contributed by atoms with Crippen LogP contribution in [0.15, 0.2) is 24.3 Å². The Kier molecular flexibility index (Phi) is 5.10. The molecule has 0 saturated heterocycles. The van der Waals surface area contributed by atoms with Crippen LogP contribution in [0.2, 0.25) is 0 Å². The SMILES string of the molecule is CC(CCCC(=O)O)Nc1ccccc1[N+](=O)[O-]. The second-order valence-corrected chi connectivity index (χ2v) is 4.11. The Morgan fingerprint density at radius 1 is 1.50 bits per heavy atom. The Balaban J connectivity index is 2.56. The third kappa shape index (κ3) is 4.40. The molecule has 6 heteroatoms. The zero-order valence-corrected chi connectivity index (χ0v) is 10.1. The highest BCUT2D eigenvalue weighted by Gasteiger charge is 2.14. The molecule has 98 valence electrons. The van der Waals surface area contributed by atoms with Gasteiger partial charge in [0.05, 0.1) is 4.92 Å². The number of carboxylic acids is 1. The van der Waals surface area contributed by atoms with E-state index >= 15 is 0 Å². The fraction of sp³-hybridized carbons (Fsp3) is 0.417.